The molecule has 1 aliphatic heterocycles. The molecule has 0 aliphatic carbocycles. The quantitative estimate of drug-likeness (QED) is 0.594. The van der Waals surface area contributed by atoms with E-state index in [-0.39, 0.29) is 5.91 Å². The number of amides is 1. The van der Waals surface area contributed by atoms with Gasteiger partial charge in [0.1, 0.15) is 0 Å². The summed E-state index contributed by atoms with van der Waals surface area (Å²) >= 11 is 6.01. The Labute approximate surface area is 181 Å². The number of carbonyl (C=O) groups excluding carboxylic acids is 1. The summed E-state index contributed by atoms with van der Waals surface area (Å²) < 4.78 is 0. The van der Waals surface area contributed by atoms with Gasteiger partial charge in [-0.15, -0.1) is 0 Å². The fourth-order valence-corrected chi connectivity index (χ4v) is 3.86. The molecule has 0 radical (unpaired) electrons. The Kier molecular flexibility index (Phi) is 6.11. The highest BCUT2D eigenvalue weighted by Crippen LogP contribution is 2.26. The number of carbonyl (C=O) groups is 1. The molecule has 1 aliphatic rings. The van der Waals surface area contributed by atoms with E-state index < -0.39 is 0 Å². The lowest BCUT2D eigenvalue weighted by Gasteiger charge is -2.30. The van der Waals surface area contributed by atoms with Crippen molar-refractivity contribution >= 4 is 34.1 Å². The average Bonchev–Trinajstić information content (AvgIpc) is 2.77. The van der Waals surface area contributed by atoms with E-state index in [0.717, 1.165) is 53.8 Å². The van der Waals surface area contributed by atoms with Crippen molar-refractivity contribution in [2.45, 2.75) is 32.7 Å². The van der Waals surface area contributed by atoms with Crippen LogP contribution in [0.15, 0.2) is 59.7 Å². The number of hydrogen-bond acceptors (Lipinski definition) is 4. The van der Waals surface area contributed by atoms with Gasteiger partial charge in [-0.05, 0) is 38.1 Å². The molecule has 3 aromatic rings. The number of halogens is 1. The summed E-state index contributed by atoms with van der Waals surface area (Å²) in [6, 6.07) is 17.5. The van der Waals surface area contributed by atoms with Crippen molar-refractivity contribution in [2.75, 3.05) is 13.1 Å². The zero-order valence-electron chi connectivity index (χ0n) is 17.2. The summed E-state index contributed by atoms with van der Waals surface area (Å²) in [4.78, 5) is 20.2. The summed E-state index contributed by atoms with van der Waals surface area (Å²) in [5.41, 5.74) is 6.79. The van der Waals surface area contributed by atoms with Crippen LogP contribution in [0.25, 0.3) is 22.2 Å². The van der Waals surface area contributed by atoms with Gasteiger partial charge in [0, 0.05) is 53.7 Å². The predicted molar refractivity (Wildman–Crippen MR) is 123 cm³/mol. The molecule has 0 spiro atoms. The van der Waals surface area contributed by atoms with Crippen LogP contribution < -0.4 is 5.43 Å². The van der Waals surface area contributed by atoms with Crippen LogP contribution >= 0.6 is 11.6 Å². The van der Waals surface area contributed by atoms with Crippen molar-refractivity contribution in [3.05, 3.63) is 65.2 Å². The Morgan fingerprint density at radius 1 is 1.10 bits per heavy atom. The second kappa shape index (κ2) is 8.94. The molecule has 1 fully saturated rings. The molecule has 30 heavy (non-hydrogen) atoms. The van der Waals surface area contributed by atoms with Crippen LogP contribution in [0.1, 0.15) is 37.0 Å². The van der Waals surface area contributed by atoms with Crippen LogP contribution in [0.5, 0.6) is 0 Å². The fourth-order valence-electron chi connectivity index (χ4n) is 3.73. The molecule has 1 saturated heterocycles. The number of rotatable bonds is 4. The fraction of sp³-hybridized carbons (Fsp3) is 0.292. The largest absolute Gasteiger partial charge is 0.300 e. The van der Waals surface area contributed by atoms with E-state index in [0.29, 0.717) is 16.6 Å². The SMILES string of the molecule is CC(C)N1CCC(=NNC(=O)c2cc(-c3ccc(Cl)cc3)nc3ccccc23)CC1. The number of fused-ring (bicyclic) bond motifs is 1. The Morgan fingerprint density at radius 3 is 2.50 bits per heavy atom. The van der Waals surface area contributed by atoms with Crippen molar-refractivity contribution in [1.29, 1.82) is 0 Å². The molecule has 0 atom stereocenters. The molecule has 2 heterocycles. The van der Waals surface area contributed by atoms with Gasteiger partial charge in [0.25, 0.3) is 5.91 Å². The molecule has 0 unspecified atom stereocenters. The maximum atomic E-state index is 13.0. The number of piperidine rings is 1. The van der Waals surface area contributed by atoms with Gasteiger partial charge in [0.15, 0.2) is 0 Å². The standard InChI is InChI=1S/C24H25ClN4O/c1-16(2)29-13-11-19(12-14-29)27-28-24(30)21-15-23(17-7-9-18(25)10-8-17)26-22-6-4-3-5-20(21)22/h3-10,15-16H,11-14H2,1-2H3,(H,28,30). The lowest BCUT2D eigenvalue weighted by molar-refractivity contribution is 0.0956. The van der Waals surface area contributed by atoms with Gasteiger partial charge in [-0.25, -0.2) is 10.4 Å². The molecule has 1 amide bonds. The third-order valence-corrected chi connectivity index (χ3v) is 5.77. The highest BCUT2D eigenvalue weighted by molar-refractivity contribution is 6.30. The van der Waals surface area contributed by atoms with E-state index >= 15 is 0 Å². The molecule has 1 N–H and O–H groups in total. The van der Waals surface area contributed by atoms with Gasteiger partial charge in [-0.1, -0.05) is 41.9 Å². The summed E-state index contributed by atoms with van der Waals surface area (Å²) in [6.07, 6.45) is 1.76. The number of likely N-dealkylation sites (tertiary alicyclic amines) is 1. The van der Waals surface area contributed by atoms with Gasteiger partial charge < -0.3 is 4.90 Å². The van der Waals surface area contributed by atoms with Crippen molar-refractivity contribution in [1.82, 2.24) is 15.3 Å². The van der Waals surface area contributed by atoms with Crippen molar-refractivity contribution in [2.24, 2.45) is 5.10 Å². The number of nitrogens with one attached hydrogen (secondary N) is 1. The number of hydrogen-bond donors (Lipinski definition) is 1. The molecular formula is C24H25ClN4O. The number of hydrazone groups is 1. The second-order valence-corrected chi connectivity index (χ2v) is 8.26. The van der Waals surface area contributed by atoms with Gasteiger partial charge in [-0.3, -0.25) is 4.79 Å². The third-order valence-electron chi connectivity index (χ3n) is 5.52. The molecule has 0 bridgehead atoms. The summed E-state index contributed by atoms with van der Waals surface area (Å²) in [5.74, 6) is -0.220. The van der Waals surface area contributed by atoms with E-state index in [9.17, 15) is 4.79 Å². The van der Waals surface area contributed by atoms with E-state index in [1.54, 1.807) is 0 Å². The molecule has 2 aromatic carbocycles. The number of pyridine rings is 1. The first-order valence-corrected chi connectivity index (χ1v) is 10.6. The lowest BCUT2D eigenvalue weighted by atomic mass is 10.0. The lowest BCUT2D eigenvalue weighted by Crippen LogP contribution is -2.39. The molecule has 154 valence electrons. The Hall–Kier alpha value is -2.76. The molecule has 0 saturated carbocycles. The first-order chi connectivity index (χ1) is 14.5. The number of benzene rings is 2. The van der Waals surface area contributed by atoms with Crippen molar-refractivity contribution < 1.29 is 4.79 Å². The smallest absolute Gasteiger partial charge is 0.272 e. The van der Waals surface area contributed by atoms with Gasteiger partial charge in [0.05, 0.1) is 16.8 Å². The monoisotopic (exact) mass is 420 g/mol. The first kappa shape index (κ1) is 20.5. The summed E-state index contributed by atoms with van der Waals surface area (Å²) in [6.45, 7) is 6.37. The van der Waals surface area contributed by atoms with Crippen molar-refractivity contribution in [3.63, 3.8) is 0 Å². The van der Waals surface area contributed by atoms with Gasteiger partial charge >= 0.3 is 0 Å². The number of para-hydroxylation sites is 1. The van der Waals surface area contributed by atoms with Crippen LogP contribution in [0.4, 0.5) is 0 Å². The van der Waals surface area contributed by atoms with E-state index in [1.165, 1.54) is 0 Å². The van der Waals surface area contributed by atoms with Crippen LogP contribution in [-0.2, 0) is 0 Å². The van der Waals surface area contributed by atoms with E-state index in [2.05, 4.69) is 29.3 Å². The predicted octanol–water partition coefficient (Wildman–Crippen LogP) is 5.15. The van der Waals surface area contributed by atoms with Crippen LogP contribution in [0, 0.1) is 0 Å². The zero-order valence-corrected chi connectivity index (χ0v) is 18.0. The van der Waals surface area contributed by atoms with E-state index in [4.69, 9.17) is 16.6 Å². The second-order valence-electron chi connectivity index (χ2n) is 7.83. The molecule has 6 heteroatoms. The van der Waals surface area contributed by atoms with Gasteiger partial charge in [0.2, 0.25) is 0 Å². The van der Waals surface area contributed by atoms with Crippen molar-refractivity contribution in [3.8, 4) is 11.3 Å². The first-order valence-electron chi connectivity index (χ1n) is 10.3. The topological polar surface area (TPSA) is 57.6 Å². The Morgan fingerprint density at radius 2 is 1.80 bits per heavy atom. The third kappa shape index (κ3) is 4.53. The van der Waals surface area contributed by atoms with E-state index in [1.807, 2.05) is 54.6 Å². The Bertz CT molecular complexity index is 1080. The number of nitrogens with zero attached hydrogens (tertiary/aromatic N) is 3. The molecule has 5 nitrogen and oxygen atoms in total. The minimum atomic E-state index is -0.220. The minimum Gasteiger partial charge on any atom is -0.300 e. The summed E-state index contributed by atoms with van der Waals surface area (Å²) in [5, 5.41) is 5.90. The van der Waals surface area contributed by atoms with Crippen LogP contribution in [0.3, 0.4) is 0 Å². The molecule has 4 rings (SSSR count). The normalized spacial score (nSPS) is 14.9. The zero-order chi connectivity index (χ0) is 21.1. The maximum absolute atomic E-state index is 13.0. The highest BCUT2D eigenvalue weighted by atomic mass is 35.5. The average molecular weight is 421 g/mol. The number of aromatic nitrogens is 1. The Balaban J connectivity index is 1.60. The highest BCUT2D eigenvalue weighted by Gasteiger charge is 2.18. The van der Waals surface area contributed by atoms with Crippen LogP contribution in [-0.4, -0.2) is 40.6 Å². The maximum Gasteiger partial charge on any atom is 0.272 e. The van der Waals surface area contributed by atoms with Crippen LogP contribution in [0.2, 0.25) is 5.02 Å². The minimum absolute atomic E-state index is 0.220. The summed E-state index contributed by atoms with van der Waals surface area (Å²) in [7, 11) is 0. The van der Waals surface area contributed by atoms with Gasteiger partial charge in [-0.2, -0.15) is 5.10 Å². The molecule has 1 aromatic heterocycles. The molecular weight excluding hydrogens is 396 g/mol.